The van der Waals surface area contributed by atoms with Gasteiger partial charge in [-0.05, 0) is 30.7 Å². The van der Waals surface area contributed by atoms with Gasteiger partial charge >= 0.3 is 0 Å². The second-order valence-electron chi connectivity index (χ2n) is 6.42. The fourth-order valence-electron chi connectivity index (χ4n) is 3.10. The van der Waals surface area contributed by atoms with Crippen LogP contribution in [0, 0.1) is 23.0 Å². The van der Waals surface area contributed by atoms with Crippen LogP contribution in [0.2, 0.25) is 5.02 Å². The Bertz CT molecular complexity index is 963. The fourth-order valence-corrected chi connectivity index (χ4v) is 3.27. The number of anilines is 2. The molecule has 1 heterocycles. The van der Waals surface area contributed by atoms with E-state index in [-0.39, 0.29) is 36.2 Å². The molecule has 1 saturated heterocycles. The molecule has 0 aliphatic carbocycles. The molecule has 1 N–H and O–H groups in total. The first kappa shape index (κ1) is 19.6. The molecule has 8 nitrogen and oxygen atoms in total. The van der Waals surface area contributed by atoms with Crippen molar-refractivity contribution in [2.24, 2.45) is 5.92 Å². The Morgan fingerprint density at radius 1 is 1.36 bits per heavy atom. The molecule has 28 heavy (non-hydrogen) atoms. The maximum absolute atomic E-state index is 12.6. The van der Waals surface area contributed by atoms with Crippen molar-refractivity contribution in [1.29, 1.82) is 0 Å². The van der Waals surface area contributed by atoms with Crippen molar-refractivity contribution < 1.29 is 19.2 Å². The van der Waals surface area contributed by atoms with Gasteiger partial charge in [0.25, 0.3) is 5.69 Å². The first-order valence-electron chi connectivity index (χ1n) is 8.50. The molecule has 146 valence electrons. The number of methoxy groups -OCH3 is 1. The number of non-ortho nitro benzene ring substituents is 1. The maximum atomic E-state index is 12.6. The number of benzene rings is 2. The Kier molecular flexibility index (Phi) is 5.51. The first-order valence-corrected chi connectivity index (χ1v) is 8.88. The molecule has 1 aliphatic heterocycles. The molecule has 2 amide bonds. The van der Waals surface area contributed by atoms with Gasteiger partial charge in [-0.1, -0.05) is 17.7 Å². The van der Waals surface area contributed by atoms with Crippen molar-refractivity contribution in [3.63, 3.8) is 0 Å². The molecule has 1 fully saturated rings. The lowest BCUT2D eigenvalue weighted by Crippen LogP contribution is -2.28. The second-order valence-corrected chi connectivity index (χ2v) is 6.83. The van der Waals surface area contributed by atoms with E-state index in [1.807, 2.05) is 0 Å². The first-order chi connectivity index (χ1) is 13.3. The Hall–Kier alpha value is -3.13. The number of carbonyl (C=O) groups is 2. The topological polar surface area (TPSA) is 102 Å². The Labute approximate surface area is 166 Å². The molecule has 9 heteroatoms. The van der Waals surface area contributed by atoms with Gasteiger partial charge in [0.2, 0.25) is 11.8 Å². The summed E-state index contributed by atoms with van der Waals surface area (Å²) in [4.78, 5) is 36.9. The van der Waals surface area contributed by atoms with E-state index in [1.54, 1.807) is 25.1 Å². The number of nitro benzene ring substituents is 1. The monoisotopic (exact) mass is 403 g/mol. The third kappa shape index (κ3) is 3.77. The summed E-state index contributed by atoms with van der Waals surface area (Å²) < 4.78 is 5.20. The maximum Gasteiger partial charge on any atom is 0.273 e. The van der Waals surface area contributed by atoms with Crippen LogP contribution in [0.15, 0.2) is 36.4 Å². The Morgan fingerprint density at radius 2 is 2.11 bits per heavy atom. The molecule has 2 aromatic carbocycles. The van der Waals surface area contributed by atoms with Crippen LogP contribution in [0.3, 0.4) is 0 Å². The Balaban J connectivity index is 1.79. The lowest BCUT2D eigenvalue weighted by atomic mass is 10.1. The van der Waals surface area contributed by atoms with Crippen LogP contribution in [-0.2, 0) is 9.59 Å². The third-order valence-corrected chi connectivity index (χ3v) is 5.10. The number of carbonyl (C=O) groups excluding carboxylic acids is 2. The zero-order valence-corrected chi connectivity index (χ0v) is 16.0. The third-order valence-electron chi connectivity index (χ3n) is 4.69. The highest BCUT2D eigenvalue weighted by Crippen LogP contribution is 2.36. The van der Waals surface area contributed by atoms with E-state index in [0.29, 0.717) is 16.4 Å². The van der Waals surface area contributed by atoms with Crippen molar-refractivity contribution >= 4 is 40.5 Å². The summed E-state index contributed by atoms with van der Waals surface area (Å²) in [6.07, 6.45) is 0.0333. The molecule has 0 unspecified atom stereocenters. The van der Waals surface area contributed by atoms with Crippen LogP contribution in [0.4, 0.5) is 17.1 Å². The summed E-state index contributed by atoms with van der Waals surface area (Å²) in [5.74, 6) is -0.905. The smallest absolute Gasteiger partial charge is 0.273 e. The molecular formula is C19H18ClN3O5. The van der Waals surface area contributed by atoms with Gasteiger partial charge in [0.05, 0.1) is 29.7 Å². The number of hydrogen-bond donors (Lipinski definition) is 1. The summed E-state index contributed by atoms with van der Waals surface area (Å²) in [6, 6.07) is 9.22. The predicted octanol–water partition coefficient (Wildman–Crippen LogP) is 3.56. The van der Waals surface area contributed by atoms with Gasteiger partial charge < -0.3 is 15.0 Å². The highest BCUT2D eigenvalue weighted by atomic mass is 35.5. The zero-order chi connectivity index (χ0) is 20.4. The van der Waals surface area contributed by atoms with Crippen LogP contribution < -0.4 is 15.0 Å². The van der Waals surface area contributed by atoms with Crippen molar-refractivity contribution in [2.75, 3.05) is 23.9 Å². The minimum absolute atomic E-state index is 0.0333. The predicted molar refractivity (Wildman–Crippen MR) is 105 cm³/mol. The molecule has 2 aromatic rings. The van der Waals surface area contributed by atoms with Gasteiger partial charge in [-0.25, -0.2) is 0 Å². The quantitative estimate of drug-likeness (QED) is 0.607. The van der Waals surface area contributed by atoms with Gasteiger partial charge in [-0.3, -0.25) is 19.7 Å². The number of ether oxygens (including phenoxy) is 1. The van der Waals surface area contributed by atoms with E-state index < -0.39 is 10.8 Å². The van der Waals surface area contributed by atoms with Gasteiger partial charge in [0, 0.05) is 29.7 Å². The number of hydrogen-bond acceptors (Lipinski definition) is 5. The van der Waals surface area contributed by atoms with E-state index in [0.717, 1.165) is 5.56 Å². The summed E-state index contributed by atoms with van der Waals surface area (Å²) in [5, 5.41) is 14.3. The Morgan fingerprint density at radius 3 is 2.79 bits per heavy atom. The van der Waals surface area contributed by atoms with E-state index >= 15 is 0 Å². The van der Waals surface area contributed by atoms with E-state index in [4.69, 9.17) is 16.3 Å². The molecule has 0 radical (unpaired) electrons. The largest absolute Gasteiger partial charge is 0.494 e. The highest BCUT2D eigenvalue weighted by Gasteiger charge is 2.36. The normalized spacial score (nSPS) is 16.2. The molecule has 1 atom stereocenters. The number of nitro groups is 1. The molecule has 0 saturated carbocycles. The van der Waals surface area contributed by atoms with E-state index in [1.165, 1.54) is 30.2 Å². The summed E-state index contributed by atoms with van der Waals surface area (Å²) in [7, 11) is 1.37. The minimum atomic E-state index is -0.564. The molecule has 0 aromatic heterocycles. The van der Waals surface area contributed by atoms with Crippen molar-refractivity contribution in [1.82, 2.24) is 0 Å². The SMILES string of the molecule is COc1cc([N+](=O)[O-])ccc1N1C[C@H](C(=O)Nc2cccc(Cl)c2C)CC1=O. The van der Waals surface area contributed by atoms with Gasteiger partial charge in [0.15, 0.2) is 0 Å². The van der Waals surface area contributed by atoms with E-state index in [2.05, 4.69) is 5.32 Å². The molecule has 1 aliphatic rings. The van der Waals surface area contributed by atoms with Crippen molar-refractivity contribution in [3.05, 3.63) is 57.1 Å². The van der Waals surface area contributed by atoms with Gasteiger partial charge in [-0.2, -0.15) is 0 Å². The molecular weight excluding hydrogens is 386 g/mol. The second kappa shape index (κ2) is 7.85. The molecule has 0 bridgehead atoms. The number of nitrogens with one attached hydrogen (secondary N) is 1. The highest BCUT2D eigenvalue weighted by molar-refractivity contribution is 6.31. The lowest BCUT2D eigenvalue weighted by Gasteiger charge is -2.19. The van der Waals surface area contributed by atoms with E-state index in [9.17, 15) is 19.7 Å². The summed E-state index contributed by atoms with van der Waals surface area (Å²) >= 11 is 6.08. The molecule has 0 spiro atoms. The average Bonchev–Trinajstić information content (AvgIpc) is 3.06. The number of halogens is 1. The van der Waals surface area contributed by atoms with Crippen molar-refractivity contribution in [3.8, 4) is 5.75 Å². The van der Waals surface area contributed by atoms with Crippen LogP contribution in [-0.4, -0.2) is 30.4 Å². The van der Waals surface area contributed by atoms with Crippen LogP contribution >= 0.6 is 11.6 Å². The number of rotatable bonds is 5. The van der Waals surface area contributed by atoms with Gasteiger partial charge in [0.1, 0.15) is 5.75 Å². The summed E-state index contributed by atoms with van der Waals surface area (Å²) in [6.45, 7) is 1.95. The zero-order valence-electron chi connectivity index (χ0n) is 15.3. The standard InChI is InChI=1S/C19H18ClN3O5/c1-11-14(20)4-3-5-15(11)21-19(25)12-8-18(24)22(10-12)16-7-6-13(23(26)27)9-17(16)28-2/h3-7,9,12H,8,10H2,1-2H3,(H,21,25)/t12-/m1/s1. The lowest BCUT2D eigenvalue weighted by molar-refractivity contribution is -0.384. The van der Waals surface area contributed by atoms with Crippen LogP contribution in [0.5, 0.6) is 5.75 Å². The number of amides is 2. The van der Waals surface area contributed by atoms with Crippen molar-refractivity contribution in [2.45, 2.75) is 13.3 Å². The van der Waals surface area contributed by atoms with Crippen LogP contribution in [0.1, 0.15) is 12.0 Å². The summed E-state index contributed by atoms with van der Waals surface area (Å²) in [5.41, 5.74) is 1.59. The fraction of sp³-hybridized carbons (Fsp3) is 0.263. The minimum Gasteiger partial charge on any atom is -0.494 e. The van der Waals surface area contributed by atoms with Gasteiger partial charge in [-0.15, -0.1) is 0 Å². The number of nitrogens with zero attached hydrogens (tertiary/aromatic N) is 2. The van der Waals surface area contributed by atoms with Crippen LogP contribution in [0.25, 0.3) is 0 Å². The average molecular weight is 404 g/mol. The molecule has 3 rings (SSSR count).